The Morgan fingerprint density at radius 1 is 1.45 bits per heavy atom. The molecular weight excluding hydrogens is 221 g/mol. The third-order valence-corrected chi connectivity index (χ3v) is 2.89. The average Bonchev–Trinajstić information content (AvgIpc) is 2.06. The van der Waals surface area contributed by atoms with Crippen LogP contribution in [0.25, 0.3) is 0 Å². The van der Waals surface area contributed by atoms with Gasteiger partial charge in [0.1, 0.15) is 0 Å². The van der Waals surface area contributed by atoms with E-state index in [1.807, 2.05) is 24.3 Å². The summed E-state index contributed by atoms with van der Waals surface area (Å²) in [5.74, 6) is 0. The van der Waals surface area contributed by atoms with Crippen LogP contribution in [0.15, 0.2) is 24.3 Å². The minimum absolute atomic E-state index is 0.0914. The van der Waals surface area contributed by atoms with Gasteiger partial charge in [-0.25, -0.2) is 0 Å². The van der Waals surface area contributed by atoms with Gasteiger partial charge in [0, 0.05) is 0 Å². The van der Waals surface area contributed by atoms with E-state index in [0.717, 1.165) is 10.0 Å². The van der Waals surface area contributed by atoms with Crippen molar-refractivity contribution in [1.29, 1.82) is 5.26 Å². The quantitative estimate of drug-likeness (QED) is 0.551. The summed E-state index contributed by atoms with van der Waals surface area (Å²) in [6.45, 7) is 0. The molecule has 0 radical (unpaired) electrons. The Bertz CT molecular complexity index is 303. The Labute approximate surface area is 77.2 Å². The van der Waals surface area contributed by atoms with Crippen LogP contribution in [0.3, 0.4) is 0 Å². The summed E-state index contributed by atoms with van der Waals surface area (Å²) in [5.41, 5.74) is 1.00. The molecule has 54 valence electrons. The van der Waals surface area contributed by atoms with E-state index in [0.29, 0.717) is 0 Å². The predicted octanol–water partition coefficient (Wildman–Crippen LogP) is 0.845. The van der Waals surface area contributed by atoms with Crippen LogP contribution in [-0.2, 0) is 0 Å². The normalized spacial score (nSPS) is 8.64. The topological polar surface area (TPSA) is 23.8 Å². The molecule has 11 heavy (non-hydrogen) atoms. The predicted molar refractivity (Wildman–Crippen MR) is 50.2 cm³/mol. The maximum absolute atomic E-state index is 8.47. The number of hydrogen-bond acceptors (Lipinski definition) is 2. The standard InChI is InChI=1S/C8H5NSSe/c9-6-11-8-4-2-1-3-7(8)5-10/h1-5H. The Kier molecular flexibility index (Phi) is 3.25. The Morgan fingerprint density at radius 2 is 2.18 bits per heavy atom. The van der Waals surface area contributed by atoms with Crippen LogP contribution in [0.4, 0.5) is 0 Å². The van der Waals surface area contributed by atoms with Crippen LogP contribution in [-0.4, -0.2) is 20.3 Å². The third-order valence-electron chi connectivity index (χ3n) is 1.20. The maximum atomic E-state index is 8.47. The van der Waals surface area contributed by atoms with Gasteiger partial charge < -0.3 is 0 Å². The van der Waals surface area contributed by atoms with Crippen molar-refractivity contribution in [3.63, 3.8) is 0 Å². The van der Waals surface area contributed by atoms with E-state index in [1.54, 1.807) is 5.37 Å². The Morgan fingerprint density at radius 3 is 2.82 bits per heavy atom. The van der Waals surface area contributed by atoms with Crippen LogP contribution in [0.2, 0.25) is 0 Å². The molecule has 0 aliphatic heterocycles. The molecule has 3 heteroatoms. The molecule has 0 bridgehead atoms. The van der Waals surface area contributed by atoms with E-state index < -0.39 is 0 Å². The number of nitrogens with zero attached hydrogens (tertiary/aromatic N) is 1. The summed E-state index contributed by atoms with van der Waals surface area (Å²) in [6, 6.07) is 7.73. The summed E-state index contributed by atoms with van der Waals surface area (Å²) in [5, 5.41) is 10.1. The molecule has 0 aliphatic carbocycles. The number of rotatable bonds is 2. The molecule has 0 spiro atoms. The fourth-order valence-electron chi connectivity index (χ4n) is 0.720. The fourth-order valence-corrected chi connectivity index (χ4v) is 2.12. The Balaban J connectivity index is 3.04. The van der Waals surface area contributed by atoms with Crippen LogP contribution < -0.4 is 4.46 Å². The van der Waals surface area contributed by atoms with Crippen molar-refractivity contribution in [2.45, 2.75) is 0 Å². The molecule has 1 aromatic carbocycles. The first-order valence-electron chi connectivity index (χ1n) is 2.98. The number of nitriles is 1. The van der Waals surface area contributed by atoms with Crippen LogP contribution in [0.5, 0.6) is 0 Å². The van der Waals surface area contributed by atoms with E-state index in [4.69, 9.17) is 17.5 Å². The van der Waals surface area contributed by atoms with E-state index in [1.165, 1.54) is 0 Å². The third kappa shape index (κ3) is 2.13. The van der Waals surface area contributed by atoms with Crippen LogP contribution in [0.1, 0.15) is 5.56 Å². The molecule has 0 saturated heterocycles. The SMILES string of the molecule is N#C[Se]c1ccccc1C=S. The van der Waals surface area contributed by atoms with E-state index in [-0.39, 0.29) is 15.0 Å². The van der Waals surface area contributed by atoms with Gasteiger partial charge in [0.15, 0.2) is 0 Å². The van der Waals surface area contributed by atoms with Gasteiger partial charge in [0.05, 0.1) is 0 Å². The van der Waals surface area contributed by atoms with E-state index >= 15 is 0 Å². The number of hydrogen-bond donors (Lipinski definition) is 0. The van der Waals surface area contributed by atoms with Gasteiger partial charge in [-0.2, -0.15) is 0 Å². The fraction of sp³-hybridized carbons (Fsp3) is 0. The van der Waals surface area contributed by atoms with Crippen molar-refractivity contribution < 1.29 is 0 Å². The molecule has 0 amide bonds. The first-order valence-corrected chi connectivity index (χ1v) is 5.17. The summed E-state index contributed by atoms with van der Waals surface area (Å²) >= 11 is 4.70. The zero-order chi connectivity index (χ0) is 8.10. The molecule has 0 fully saturated rings. The molecule has 0 aliphatic rings. The molecule has 1 nitrogen and oxygen atoms in total. The average molecular weight is 226 g/mol. The van der Waals surface area contributed by atoms with Gasteiger partial charge in [-0.05, 0) is 0 Å². The second kappa shape index (κ2) is 4.25. The van der Waals surface area contributed by atoms with Gasteiger partial charge in [0.2, 0.25) is 0 Å². The zero-order valence-corrected chi connectivity index (χ0v) is 8.18. The molecule has 0 atom stereocenters. The first kappa shape index (κ1) is 8.42. The summed E-state index contributed by atoms with van der Waals surface area (Å²) in [7, 11) is 0. The second-order valence-electron chi connectivity index (χ2n) is 1.85. The molecule has 1 aromatic rings. The van der Waals surface area contributed by atoms with Gasteiger partial charge in [-0.1, -0.05) is 0 Å². The zero-order valence-electron chi connectivity index (χ0n) is 5.65. The van der Waals surface area contributed by atoms with Crippen molar-refractivity contribution in [1.82, 2.24) is 0 Å². The molecule has 0 heterocycles. The molecule has 1 rings (SSSR count). The van der Waals surface area contributed by atoms with Crippen molar-refractivity contribution in [2.75, 3.05) is 0 Å². The van der Waals surface area contributed by atoms with Gasteiger partial charge in [-0.3, -0.25) is 0 Å². The van der Waals surface area contributed by atoms with Crippen molar-refractivity contribution in [3.8, 4) is 4.97 Å². The molecule has 0 unspecified atom stereocenters. The van der Waals surface area contributed by atoms with Crippen molar-refractivity contribution >= 4 is 37.0 Å². The van der Waals surface area contributed by atoms with Crippen molar-refractivity contribution in [2.24, 2.45) is 0 Å². The molecule has 0 N–H and O–H groups in total. The molecular formula is C8H5NSSe. The summed E-state index contributed by atoms with van der Waals surface area (Å²) in [4.78, 5) is 2.15. The van der Waals surface area contributed by atoms with Gasteiger partial charge in [0.25, 0.3) is 0 Å². The van der Waals surface area contributed by atoms with Gasteiger partial charge >= 0.3 is 77.1 Å². The summed E-state index contributed by atoms with van der Waals surface area (Å²) < 4.78 is 1.07. The number of thiocarbonyl (C=S) groups is 1. The van der Waals surface area contributed by atoms with Crippen molar-refractivity contribution in [3.05, 3.63) is 29.8 Å². The first-order chi connectivity index (χ1) is 5.38. The van der Waals surface area contributed by atoms with E-state index in [2.05, 4.69) is 4.97 Å². The Hall–Kier alpha value is -0.681. The van der Waals surface area contributed by atoms with Crippen LogP contribution in [0, 0.1) is 10.2 Å². The summed E-state index contributed by atoms with van der Waals surface area (Å²) in [6.07, 6.45) is 0. The van der Waals surface area contributed by atoms with Gasteiger partial charge in [-0.15, -0.1) is 0 Å². The van der Waals surface area contributed by atoms with Crippen LogP contribution >= 0.6 is 12.2 Å². The monoisotopic (exact) mass is 227 g/mol. The van der Waals surface area contributed by atoms with E-state index in [9.17, 15) is 0 Å². The molecule has 0 saturated carbocycles. The minimum atomic E-state index is -0.0914. The molecule has 0 aromatic heterocycles. The second-order valence-corrected chi connectivity index (χ2v) is 3.82. The number of benzene rings is 1.